The number of carbonyl (C=O) groups excluding carboxylic acids is 1. The van der Waals surface area contributed by atoms with Crippen molar-refractivity contribution >= 4 is 51.2 Å². The van der Waals surface area contributed by atoms with Crippen LogP contribution >= 0.6 is 22.9 Å². The number of carbonyl (C=O) groups is 1. The van der Waals surface area contributed by atoms with Gasteiger partial charge in [0.05, 0.1) is 28.4 Å². The Labute approximate surface area is 217 Å². The number of urea groups is 1. The highest BCUT2D eigenvalue weighted by molar-refractivity contribution is 7.13. The maximum Gasteiger partial charge on any atom is 0.323 e. The van der Waals surface area contributed by atoms with E-state index in [2.05, 4.69) is 25.9 Å². The van der Waals surface area contributed by atoms with Gasteiger partial charge in [-0.2, -0.15) is 0 Å². The quantitative estimate of drug-likeness (QED) is 0.242. The first kappa shape index (κ1) is 24.3. The third kappa shape index (κ3) is 5.53. The number of pyridine rings is 2. The molecule has 36 heavy (non-hydrogen) atoms. The van der Waals surface area contributed by atoms with Crippen LogP contribution in [0.5, 0.6) is 5.75 Å². The standard InChI is InChI=1S/C26H26ClN5O3S/c27-19-15-20-18(14-21(19)32-26(34)30-17-6-10-28-11-7-17)24(35-12-8-16-4-1-2-9-29-16)23(25(33)31-20)22-5-3-13-36-22/h3,5-7,10-11,13-16,29H,1-2,4,8-9,12H2,(H,31,33)(H2,28,30,32,34). The first-order valence-electron chi connectivity index (χ1n) is 11.9. The molecule has 4 heterocycles. The van der Waals surface area contributed by atoms with E-state index in [1.54, 1.807) is 36.7 Å². The lowest BCUT2D eigenvalue weighted by molar-refractivity contribution is 0.262. The van der Waals surface area contributed by atoms with Crippen molar-refractivity contribution in [2.45, 2.75) is 31.7 Å². The Kier molecular flexibility index (Phi) is 7.50. The van der Waals surface area contributed by atoms with Crippen molar-refractivity contribution in [1.29, 1.82) is 0 Å². The Morgan fingerprint density at radius 2 is 2.06 bits per heavy atom. The number of ether oxygens (including phenoxy) is 1. The number of nitrogens with zero attached hydrogens (tertiary/aromatic N) is 1. The van der Waals surface area contributed by atoms with E-state index in [-0.39, 0.29) is 5.56 Å². The van der Waals surface area contributed by atoms with E-state index >= 15 is 0 Å². The highest BCUT2D eigenvalue weighted by atomic mass is 35.5. The summed E-state index contributed by atoms with van der Waals surface area (Å²) in [6.45, 7) is 1.48. The third-order valence-corrected chi connectivity index (χ3v) is 7.33. The van der Waals surface area contributed by atoms with E-state index in [0.717, 1.165) is 24.3 Å². The summed E-state index contributed by atoms with van der Waals surface area (Å²) in [6, 6.07) is 10.5. The second-order valence-corrected chi connectivity index (χ2v) is 9.97. The largest absolute Gasteiger partial charge is 0.492 e. The van der Waals surface area contributed by atoms with Gasteiger partial charge >= 0.3 is 6.03 Å². The van der Waals surface area contributed by atoms with Gasteiger partial charge in [0.15, 0.2) is 0 Å². The molecule has 5 rings (SSSR count). The molecule has 0 radical (unpaired) electrons. The molecule has 10 heteroatoms. The Morgan fingerprint density at radius 3 is 2.81 bits per heavy atom. The van der Waals surface area contributed by atoms with Gasteiger partial charge in [-0.15, -0.1) is 11.3 Å². The van der Waals surface area contributed by atoms with Crippen molar-refractivity contribution in [2.75, 3.05) is 23.8 Å². The molecule has 0 bridgehead atoms. The molecule has 2 amide bonds. The number of aromatic nitrogens is 2. The monoisotopic (exact) mass is 523 g/mol. The predicted molar refractivity (Wildman–Crippen MR) is 146 cm³/mol. The highest BCUT2D eigenvalue weighted by Crippen LogP contribution is 2.38. The summed E-state index contributed by atoms with van der Waals surface area (Å²) in [5.41, 5.74) is 1.77. The summed E-state index contributed by atoms with van der Waals surface area (Å²) in [5, 5.41) is 12.0. The molecule has 4 N–H and O–H groups in total. The van der Waals surface area contributed by atoms with Crippen LogP contribution in [0, 0.1) is 0 Å². The maximum atomic E-state index is 13.1. The summed E-state index contributed by atoms with van der Waals surface area (Å²) < 4.78 is 6.32. The summed E-state index contributed by atoms with van der Waals surface area (Å²) in [4.78, 5) is 33.4. The molecule has 0 saturated carbocycles. The molecule has 8 nitrogen and oxygen atoms in total. The molecule has 1 atom stereocenters. The number of hydrogen-bond acceptors (Lipinski definition) is 6. The van der Waals surface area contributed by atoms with Gasteiger partial charge in [0, 0.05) is 34.4 Å². The van der Waals surface area contributed by atoms with E-state index in [0.29, 0.717) is 51.3 Å². The summed E-state index contributed by atoms with van der Waals surface area (Å²) in [5.74, 6) is 0.487. The Balaban J connectivity index is 1.48. The molecule has 186 valence electrons. The average molecular weight is 524 g/mol. The van der Waals surface area contributed by atoms with Crippen LogP contribution in [-0.2, 0) is 0 Å². The van der Waals surface area contributed by atoms with Crippen LogP contribution < -0.4 is 26.2 Å². The van der Waals surface area contributed by atoms with E-state index in [1.165, 1.54) is 24.2 Å². The number of aromatic amines is 1. The number of piperidine rings is 1. The number of halogens is 1. The Hall–Kier alpha value is -3.40. The van der Waals surface area contributed by atoms with Crippen molar-refractivity contribution in [3.8, 4) is 16.2 Å². The number of H-pyrrole nitrogens is 1. The molecular weight excluding hydrogens is 498 g/mol. The molecule has 4 aromatic rings. The van der Waals surface area contributed by atoms with Crippen molar-refractivity contribution in [2.24, 2.45) is 0 Å². The van der Waals surface area contributed by atoms with Crippen LogP contribution in [0.3, 0.4) is 0 Å². The van der Waals surface area contributed by atoms with Crippen LogP contribution in [0.2, 0.25) is 5.02 Å². The number of hydrogen-bond donors (Lipinski definition) is 4. The lowest BCUT2D eigenvalue weighted by Crippen LogP contribution is -2.35. The molecule has 1 aliphatic heterocycles. The Morgan fingerprint density at radius 1 is 1.19 bits per heavy atom. The number of rotatable bonds is 7. The lowest BCUT2D eigenvalue weighted by Gasteiger charge is -2.23. The van der Waals surface area contributed by atoms with Crippen LogP contribution in [0.4, 0.5) is 16.2 Å². The summed E-state index contributed by atoms with van der Waals surface area (Å²) >= 11 is 7.95. The van der Waals surface area contributed by atoms with Crippen molar-refractivity contribution in [3.63, 3.8) is 0 Å². The maximum absolute atomic E-state index is 13.1. The zero-order chi connectivity index (χ0) is 24.9. The van der Waals surface area contributed by atoms with Gasteiger partial charge in [-0.1, -0.05) is 24.1 Å². The molecule has 0 spiro atoms. The number of anilines is 2. The van der Waals surface area contributed by atoms with Gasteiger partial charge in [0.1, 0.15) is 5.75 Å². The van der Waals surface area contributed by atoms with Crippen LogP contribution in [0.1, 0.15) is 25.7 Å². The van der Waals surface area contributed by atoms with Gasteiger partial charge < -0.3 is 25.7 Å². The van der Waals surface area contributed by atoms with Crippen LogP contribution in [0.15, 0.2) is 59.0 Å². The smallest absolute Gasteiger partial charge is 0.323 e. The minimum atomic E-state index is -0.448. The molecular formula is C26H26ClN5O3S. The third-order valence-electron chi connectivity index (χ3n) is 6.13. The molecule has 1 aromatic carbocycles. The summed E-state index contributed by atoms with van der Waals surface area (Å²) in [6.07, 6.45) is 7.55. The van der Waals surface area contributed by atoms with Crippen LogP contribution in [-0.4, -0.2) is 35.2 Å². The number of nitrogens with one attached hydrogen (secondary N) is 4. The van der Waals surface area contributed by atoms with E-state index < -0.39 is 6.03 Å². The summed E-state index contributed by atoms with van der Waals surface area (Å²) in [7, 11) is 0. The molecule has 3 aromatic heterocycles. The van der Waals surface area contributed by atoms with Crippen molar-refractivity contribution in [3.05, 3.63) is 69.5 Å². The Bertz CT molecular complexity index is 1400. The van der Waals surface area contributed by atoms with Gasteiger partial charge in [-0.25, -0.2) is 4.79 Å². The minimum absolute atomic E-state index is 0.247. The zero-order valence-corrected chi connectivity index (χ0v) is 21.0. The highest BCUT2D eigenvalue weighted by Gasteiger charge is 2.20. The fourth-order valence-electron chi connectivity index (χ4n) is 4.37. The molecule has 1 saturated heterocycles. The molecule has 1 unspecified atom stereocenters. The van der Waals surface area contributed by atoms with Gasteiger partial charge in [0.2, 0.25) is 0 Å². The normalized spacial score (nSPS) is 15.5. The fourth-order valence-corrected chi connectivity index (χ4v) is 5.35. The first-order valence-corrected chi connectivity index (χ1v) is 13.1. The van der Waals surface area contributed by atoms with Crippen LogP contribution in [0.25, 0.3) is 21.3 Å². The topological polar surface area (TPSA) is 108 Å². The number of thiophene rings is 1. The van der Waals surface area contributed by atoms with E-state index in [9.17, 15) is 9.59 Å². The zero-order valence-electron chi connectivity index (χ0n) is 19.5. The van der Waals surface area contributed by atoms with E-state index in [4.69, 9.17) is 16.3 Å². The van der Waals surface area contributed by atoms with Gasteiger partial charge in [0.25, 0.3) is 5.56 Å². The van der Waals surface area contributed by atoms with Gasteiger partial charge in [-0.3, -0.25) is 9.78 Å². The number of benzene rings is 1. The number of fused-ring (bicyclic) bond motifs is 1. The lowest BCUT2D eigenvalue weighted by atomic mass is 10.0. The molecule has 0 aliphatic carbocycles. The second kappa shape index (κ2) is 11.1. The van der Waals surface area contributed by atoms with Crippen molar-refractivity contribution < 1.29 is 9.53 Å². The average Bonchev–Trinajstić information content (AvgIpc) is 3.40. The minimum Gasteiger partial charge on any atom is -0.492 e. The molecule has 1 fully saturated rings. The predicted octanol–water partition coefficient (Wildman–Crippen LogP) is 5.86. The van der Waals surface area contributed by atoms with Crippen molar-refractivity contribution in [1.82, 2.24) is 15.3 Å². The fraction of sp³-hybridized carbons (Fsp3) is 0.269. The van der Waals surface area contributed by atoms with E-state index in [1.807, 2.05) is 17.5 Å². The SMILES string of the molecule is O=C(Nc1ccncc1)Nc1cc2c(OCCC3CCCCN3)c(-c3cccs3)c(=O)[nH]c2cc1Cl. The second-order valence-electron chi connectivity index (χ2n) is 8.61. The molecule has 1 aliphatic rings. The number of amides is 2. The first-order chi connectivity index (χ1) is 17.6. The van der Waals surface area contributed by atoms with Gasteiger partial charge in [-0.05, 0) is 61.5 Å².